The van der Waals surface area contributed by atoms with Crippen molar-refractivity contribution >= 4 is 24.1 Å². The molecule has 152 valence electrons. The number of benzene rings is 1. The van der Waals surface area contributed by atoms with Gasteiger partial charge in [0.05, 0.1) is 12.6 Å². The zero-order valence-corrected chi connectivity index (χ0v) is 15.8. The molecule has 2 aromatic heterocycles. The second-order valence-electron chi connectivity index (χ2n) is 6.69. The molecule has 1 aliphatic heterocycles. The first kappa shape index (κ1) is 19.4. The Morgan fingerprint density at radius 2 is 2.00 bits per heavy atom. The molecule has 6 nitrogen and oxygen atoms in total. The highest BCUT2D eigenvalue weighted by Gasteiger charge is 2.34. The molecule has 4 rings (SSSR count). The molecule has 0 unspecified atom stereocenters. The second kappa shape index (κ2) is 7.14. The number of carbonyl (C=O) groups excluding carboxylic acids is 1. The molecule has 1 amide bonds. The number of aromatic nitrogens is 3. The average Bonchev–Trinajstić information content (AvgIpc) is 3.37. The maximum atomic E-state index is 14.2. The molecule has 1 N–H and O–H groups in total. The van der Waals surface area contributed by atoms with Crippen LogP contribution in [0.3, 0.4) is 0 Å². The summed E-state index contributed by atoms with van der Waals surface area (Å²) in [5.74, 6) is -7.03. The molecule has 0 radical (unpaired) electrons. The summed E-state index contributed by atoms with van der Waals surface area (Å²) in [6, 6.07) is 0.213. The fraction of sp³-hybridized carbons (Fsp3) is 0.278. The molecule has 29 heavy (non-hydrogen) atoms. The van der Waals surface area contributed by atoms with Crippen LogP contribution in [0.1, 0.15) is 22.9 Å². The van der Waals surface area contributed by atoms with Gasteiger partial charge in [0.15, 0.2) is 28.0 Å². The topological polar surface area (TPSA) is 65.0 Å². The van der Waals surface area contributed by atoms with Gasteiger partial charge in [-0.3, -0.25) is 10.1 Å². The van der Waals surface area contributed by atoms with E-state index in [2.05, 4.69) is 10.3 Å². The molecule has 11 heteroatoms. The van der Waals surface area contributed by atoms with Crippen LogP contribution in [-0.2, 0) is 31.2 Å². The standard InChI is InChI=1S/C18H14F4N4O2S/c1-25-11(6-13(27)24-17-23-2-3-28-17)12-4-8(7-26(12)18(25)29)14-15(21)9(19)5-10(20)16(14)22/h2-3,5,8H,4,6-7H2,1H3,(H,23,24,27)/t8-/m0/s1. The van der Waals surface area contributed by atoms with Gasteiger partial charge in [-0.2, -0.15) is 0 Å². The lowest BCUT2D eigenvalue weighted by Crippen LogP contribution is -2.18. The number of halogens is 4. The lowest BCUT2D eigenvalue weighted by molar-refractivity contribution is -0.115. The SMILES string of the molecule is Cn1c(CC(=O)Nc2ncco2)c2n(c1=S)C[C@@H](c1c(F)c(F)cc(F)c1F)C2. The van der Waals surface area contributed by atoms with Crippen LogP contribution in [0.15, 0.2) is 22.9 Å². The van der Waals surface area contributed by atoms with Crippen LogP contribution in [0.25, 0.3) is 0 Å². The summed E-state index contributed by atoms with van der Waals surface area (Å²) in [5.41, 5.74) is 0.450. The Hall–Kier alpha value is -2.95. The van der Waals surface area contributed by atoms with E-state index in [4.69, 9.17) is 16.6 Å². The highest BCUT2D eigenvalue weighted by atomic mass is 32.1. The van der Waals surface area contributed by atoms with Crippen LogP contribution >= 0.6 is 12.2 Å². The zero-order chi connectivity index (χ0) is 20.9. The van der Waals surface area contributed by atoms with Gasteiger partial charge in [-0.25, -0.2) is 22.5 Å². The van der Waals surface area contributed by atoms with Crippen molar-refractivity contribution in [1.29, 1.82) is 0 Å². The van der Waals surface area contributed by atoms with Crippen LogP contribution in [0, 0.1) is 28.0 Å². The smallest absolute Gasteiger partial charge is 0.301 e. The molecule has 0 saturated heterocycles. The van der Waals surface area contributed by atoms with E-state index < -0.39 is 40.7 Å². The molecule has 3 aromatic rings. The maximum absolute atomic E-state index is 14.2. The molecule has 0 bridgehead atoms. The molecular formula is C18H14F4N4O2S. The molecule has 3 heterocycles. The first-order chi connectivity index (χ1) is 13.8. The Morgan fingerprint density at radius 3 is 2.62 bits per heavy atom. The Bertz CT molecular complexity index is 1140. The number of fused-ring (bicyclic) bond motifs is 1. The highest BCUT2D eigenvalue weighted by Crippen LogP contribution is 2.36. The van der Waals surface area contributed by atoms with Crippen LogP contribution < -0.4 is 5.32 Å². The van der Waals surface area contributed by atoms with Crippen molar-refractivity contribution in [3.63, 3.8) is 0 Å². The number of imidazole rings is 1. The predicted molar refractivity (Wildman–Crippen MR) is 95.8 cm³/mol. The van der Waals surface area contributed by atoms with E-state index in [1.807, 2.05) is 0 Å². The number of nitrogens with zero attached hydrogens (tertiary/aromatic N) is 3. The number of anilines is 1. The first-order valence-corrected chi connectivity index (χ1v) is 8.98. The predicted octanol–water partition coefficient (Wildman–Crippen LogP) is 3.62. The summed E-state index contributed by atoms with van der Waals surface area (Å²) in [5, 5.41) is 2.48. The number of rotatable bonds is 4. The lowest BCUT2D eigenvalue weighted by Gasteiger charge is -2.14. The number of oxazole rings is 1. The molecule has 0 saturated carbocycles. The molecule has 1 aliphatic rings. The van der Waals surface area contributed by atoms with Crippen molar-refractivity contribution in [3.8, 4) is 0 Å². The number of carbonyl (C=O) groups is 1. The zero-order valence-electron chi connectivity index (χ0n) is 15.0. The van der Waals surface area contributed by atoms with Gasteiger partial charge in [-0.1, -0.05) is 0 Å². The third-order valence-corrected chi connectivity index (χ3v) is 5.48. The Kier molecular flexibility index (Phi) is 4.77. The van der Waals surface area contributed by atoms with Gasteiger partial charge >= 0.3 is 6.01 Å². The Morgan fingerprint density at radius 1 is 1.31 bits per heavy atom. The number of hydrogen-bond acceptors (Lipinski definition) is 4. The Labute approximate surface area is 166 Å². The number of nitrogens with one attached hydrogen (secondary N) is 1. The van der Waals surface area contributed by atoms with E-state index in [0.29, 0.717) is 16.2 Å². The van der Waals surface area contributed by atoms with Crippen molar-refractivity contribution in [2.75, 3.05) is 5.32 Å². The van der Waals surface area contributed by atoms with Crippen LogP contribution in [-0.4, -0.2) is 20.0 Å². The van der Waals surface area contributed by atoms with E-state index >= 15 is 0 Å². The van der Waals surface area contributed by atoms with E-state index in [0.717, 1.165) is 0 Å². The van der Waals surface area contributed by atoms with Crippen molar-refractivity contribution in [2.45, 2.75) is 25.3 Å². The van der Waals surface area contributed by atoms with Crippen molar-refractivity contribution in [2.24, 2.45) is 7.05 Å². The van der Waals surface area contributed by atoms with Crippen LogP contribution in [0.5, 0.6) is 0 Å². The minimum Gasteiger partial charge on any atom is -0.432 e. The minimum absolute atomic E-state index is 0.0318. The van der Waals surface area contributed by atoms with Crippen LogP contribution in [0.2, 0.25) is 0 Å². The normalized spacial score (nSPS) is 15.6. The third-order valence-electron chi connectivity index (χ3n) is 4.99. The molecule has 1 atom stereocenters. The first-order valence-electron chi connectivity index (χ1n) is 8.57. The summed E-state index contributed by atoms with van der Waals surface area (Å²) in [7, 11) is 1.67. The molecule has 0 spiro atoms. The largest absolute Gasteiger partial charge is 0.432 e. The lowest BCUT2D eigenvalue weighted by atomic mass is 9.94. The number of hydrogen-bond donors (Lipinski definition) is 1. The van der Waals surface area contributed by atoms with Crippen molar-refractivity contribution < 1.29 is 26.8 Å². The van der Waals surface area contributed by atoms with Gasteiger partial charge < -0.3 is 13.6 Å². The van der Waals surface area contributed by atoms with E-state index in [9.17, 15) is 22.4 Å². The van der Waals surface area contributed by atoms with Crippen molar-refractivity contribution in [1.82, 2.24) is 14.1 Å². The summed E-state index contributed by atoms with van der Waals surface area (Å²) in [6.07, 6.45) is 2.65. The fourth-order valence-electron chi connectivity index (χ4n) is 3.66. The van der Waals surface area contributed by atoms with Crippen molar-refractivity contribution in [3.05, 3.63) is 63.5 Å². The Balaban J connectivity index is 1.65. The van der Waals surface area contributed by atoms with Gasteiger partial charge in [0, 0.05) is 42.5 Å². The van der Waals surface area contributed by atoms with Gasteiger partial charge in [0.1, 0.15) is 6.26 Å². The minimum atomic E-state index is -1.45. The van der Waals surface area contributed by atoms with Gasteiger partial charge in [0.2, 0.25) is 5.91 Å². The summed E-state index contributed by atoms with van der Waals surface area (Å²) in [6.45, 7) is 0.0418. The summed E-state index contributed by atoms with van der Waals surface area (Å²) in [4.78, 5) is 16.1. The average molecular weight is 426 g/mol. The number of amides is 1. The van der Waals surface area contributed by atoms with Gasteiger partial charge in [0.25, 0.3) is 0 Å². The summed E-state index contributed by atoms with van der Waals surface area (Å²) < 4.78 is 64.2. The molecule has 0 fully saturated rings. The fourth-order valence-corrected chi connectivity index (χ4v) is 3.96. The molecular weight excluding hydrogens is 412 g/mol. The third kappa shape index (κ3) is 3.24. The van der Waals surface area contributed by atoms with E-state index in [-0.39, 0.29) is 31.5 Å². The summed E-state index contributed by atoms with van der Waals surface area (Å²) >= 11 is 5.36. The van der Waals surface area contributed by atoms with Crippen LogP contribution in [0.4, 0.5) is 23.6 Å². The maximum Gasteiger partial charge on any atom is 0.301 e. The monoisotopic (exact) mass is 426 g/mol. The van der Waals surface area contributed by atoms with E-state index in [1.54, 1.807) is 16.2 Å². The van der Waals surface area contributed by atoms with Gasteiger partial charge in [-0.05, 0) is 18.6 Å². The molecule has 1 aromatic carbocycles. The molecule has 0 aliphatic carbocycles. The van der Waals surface area contributed by atoms with Gasteiger partial charge in [-0.15, -0.1) is 0 Å². The quantitative estimate of drug-likeness (QED) is 0.393. The van der Waals surface area contributed by atoms with E-state index in [1.165, 1.54) is 12.5 Å². The highest BCUT2D eigenvalue weighted by molar-refractivity contribution is 7.71. The second-order valence-corrected chi connectivity index (χ2v) is 7.06.